The second-order valence-electron chi connectivity index (χ2n) is 5.73. The molecule has 21 heavy (non-hydrogen) atoms. The highest BCUT2D eigenvalue weighted by Crippen LogP contribution is 2.23. The minimum absolute atomic E-state index is 0.144. The lowest BCUT2D eigenvalue weighted by atomic mass is 9.94. The minimum atomic E-state index is 0.144. The standard InChI is InChI=1S/C17H24ClNO2/c18-15-8-6-14(7-9-15)17(21)10-11-19(12-13-20)16-4-2-1-3-5-16/h6-9,16,20H,1-5,10-13H2. The van der Waals surface area contributed by atoms with E-state index in [2.05, 4.69) is 4.90 Å². The predicted octanol–water partition coefficient (Wildman–Crippen LogP) is 3.54. The summed E-state index contributed by atoms with van der Waals surface area (Å²) in [6.45, 7) is 1.55. The van der Waals surface area contributed by atoms with E-state index >= 15 is 0 Å². The lowest BCUT2D eigenvalue weighted by Gasteiger charge is -2.33. The van der Waals surface area contributed by atoms with Crippen LogP contribution >= 0.6 is 11.6 Å². The number of carbonyl (C=O) groups is 1. The van der Waals surface area contributed by atoms with Crippen LogP contribution in [0.1, 0.15) is 48.9 Å². The number of aliphatic hydroxyl groups is 1. The zero-order valence-corrected chi connectivity index (χ0v) is 13.2. The van der Waals surface area contributed by atoms with Crippen LogP contribution in [0.5, 0.6) is 0 Å². The number of carbonyl (C=O) groups excluding carboxylic acids is 1. The Morgan fingerprint density at radius 3 is 2.43 bits per heavy atom. The molecule has 0 atom stereocenters. The summed E-state index contributed by atoms with van der Waals surface area (Å²) in [6, 6.07) is 7.59. The number of rotatable bonds is 7. The van der Waals surface area contributed by atoms with Crippen molar-refractivity contribution in [1.29, 1.82) is 0 Å². The fourth-order valence-corrected chi connectivity index (χ4v) is 3.20. The molecule has 4 heteroatoms. The fraction of sp³-hybridized carbons (Fsp3) is 0.588. The predicted molar refractivity (Wildman–Crippen MR) is 85.9 cm³/mol. The molecular weight excluding hydrogens is 286 g/mol. The lowest BCUT2D eigenvalue weighted by molar-refractivity contribution is 0.0903. The zero-order valence-electron chi connectivity index (χ0n) is 12.4. The highest BCUT2D eigenvalue weighted by molar-refractivity contribution is 6.30. The summed E-state index contributed by atoms with van der Waals surface area (Å²) in [7, 11) is 0. The zero-order chi connectivity index (χ0) is 15.1. The van der Waals surface area contributed by atoms with Gasteiger partial charge in [-0.2, -0.15) is 0 Å². The van der Waals surface area contributed by atoms with Crippen LogP contribution < -0.4 is 0 Å². The van der Waals surface area contributed by atoms with E-state index in [1.807, 2.05) is 0 Å². The molecule has 0 saturated heterocycles. The van der Waals surface area contributed by atoms with Gasteiger partial charge in [-0.05, 0) is 37.1 Å². The highest BCUT2D eigenvalue weighted by Gasteiger charge is 2.21. The topological polar surface area (TPSA) is 40.5 Å². The van der Waals surface area contributed by atoms with Gasteiger partial charge in [-0.1, -0.05) is 30.9 Å². The second kappa shape index (κ2) is 8.52. The molecule has 0 heterocycles. The van der Waals surface area contributed by atoms with E-state index in [4.69, 9.17) is 11.6 Å². The SMILES string of the molecule is O=C(CCN(CCO)C1CCCCC1)c1ccc(Cl)cc1. The fourth-order valence-electron chi connectivity index (χ4n) is 3.08. The van der Waals surface area contributed by atoms with E-state index in [-0.39, 0.29) is 12.4 Å². The Kier molecular flexibility index (Phi) is 6.68. The molecule has 1 fully saturated rings. The molecule has 1 aliphatic rings. The number of ketones is 1. The van der Waals surface area contributed by atoms with Crippen molar-refractivity contribution in [1.82, 2.24) is 4.90 Å². The third-order valence-corrected chi connectivity index (χ3v) is 4.52. The quantitative estimate of drug-likeness (QED) is 0.783. The molecule has 1 N–H and O–H groups in total. The number of nitrogens with zero attached hydrogens (tertiary/aromatic N) is 1. The number of Topliss-reactive ketones (excluding diaryl/α,β-unsaturated/α-hetero) is 1. The lowest BCUT2D eigenvalue weighted by Crippen LogP contribution is -2.40. The minimum Gasteiger partial charge on any atom is -0.395 e. The van der Waals surface area contributed by atoms with Crippen molar-refractivity contribution in [3.05, 3.63) is 34.9 Å². The second-order valence-corrected chi connectivity index (χ2v) is 6.17. The maximum Gasteiger partial charge on any atom is 0.164 e. The molecule has 0 spiro atoms. The first-order valence-electron chi connectivity index (χ1n) is 7.84. The van der Waals surface area contributed by atoms with Crippen molar-refractivity contribution in [3.63, 3.8) is 0 Å². The van der Waals surface area contributed by atoms with E-state index in [1.54, 1.807) is 24.3 Å². The van der Waals surface area contributed by atoms with Gasteiger partial charge in [-0.3, -0.25) is 9.69 Å². The Hall–Kier alpha value is -0.900. The Morgan fingerprint density at radius 2 is 1.81 bits per heavy atom. The molecule has 116 valence electrons. The van der Waals surface area contributed by atoms with Crippen molar-refractivity contribution < 1.29 is 9.90 Å². The van der Waals surface area contributed by atoms with Crippen LogP contribution in [0.4, 0.5) is 0 Å². The first kappa shape index (κ1) is 16.5. The molecule has 0 unspecified atom stereocenters. The molecule has 0 aromatic heterocycles. The largest absolute Gasteiger partial charge is 0.395 e. The van der Waals surface area contributed by atoms with Crippen molar-refractivity contribution in [2.45, 2.75) is 44.6 Å². The molecule has 0 bridgehead atoms. The van der Waals surface area contributed by atoms with Gasteiger partial charge < -0.3 is 5.11 Å². The van der Waals surface area contributed by atoms with Crippen LogP contribution in [0, 0.1) is 0 Å². The average molecular weight is 310 g/mol. The van der Waals surface area contributed by atoms with E-state index in [1.165, 1.54) is 32.1 Å². The van der Waals surface area contributed by atoms with Crippen LogP contribution in [-0.2, 0) is 0 Å². The van der Waals surface area contributed by atoms with Crippen molar-refractivity contribution in [3.8, 4) is 0 Å². The Morgan fingerprint density at radius 1 is 1.14 bits per heavy atom. The molecule has 0 amide bonds. The van der Waals surface area contributed by atoms with Crippen LogP contribution in [0.3, 0.4) is 0 Å². The van der Waals surface area contributed by atoms with Gasteiger partial charge in [-0.25, -0.2) is 0 Å². The maximum absolute atomic E-state index is 12.2. The summed E-state index contributed by atoms with van der Waals surface area (Å²) < 4.78 is 0. The molecule has 1 saturated carbocycles. The van der Waals surface area contributed by atoms with Crippen molar-refractivity contribution >= 4 is 17.4 Å². The van der Waals surface area contributed by atoms with Crippen LogP contribution in [0.2, 0.25) is 5.02 Å². The van der Waals surface area contributed by atoms with Crippen LogP contribution in [-0.4, -0.2) is 41.5 Å². The van der Waals surface area contributed by atoms with Crippen LogP contribution in [0.15, 0.2) is 24.3 Å². The van der Waals surface area contributed by atoms with Crippen LogP contribution in [0.25, 0.3) is 0 Å². The van der Waals surface area contributed by atoms with Crippen molar-refractivity contribution in [2.75, 3.05) is 19.7 Å². The smallest absolute Gasteiger partial charge is 0.164 e. The summed E-state index contributed by atoms with van der Waals surface area (Å²) >= 11 is 5.84. The van der Waals surface area contributed by atoms with E-state index in [0.717, 1.165) is 6.54 Å². The van der Waals surface area contributed by atoms with Gasteiger partial charge in [0, 0.05) is 36.1 Å². The molecule has 1 aliphatic carbocycles. The molecular formula is C17H24ClNO2. The van der Waals surface area contributed by atoms with Gasteiger partial charge in [0.2, 0.25) is 0 Å². The number of aliphatic hydroxyl groups excluding tert-OH is 1. The first-order chi connectivity index (χ1) is 10.2. The number of hydrogen-bond acceptors (Lipinski definition) is 3. The summed E-state index contributed by atoms with van der Waals surface area (Å²) in [4.78, 5) is 14.5. The molecule has 2 rings (SSSR count). The third kappa shape index (κ3) is 5.10. The Balaban J connectivity index is 1.88. The van der Waals surface area contributed by atoms with Gasteiger partial charge in [0.25, 0.3) is 0 Å². The highest BCUT2D eigenvalue weighted by atomic mass is 35.5. The Labute approximate surface area is 131 Å². The molecule has 1 aromatic rings. The number of halogens is 1. The average Bonchev–Trinajstić information content (AvgIpc) is 2.52. The summed E-state index contributed by atoms with van der Waals surface area (Å²) in [5.74, 6) is 0.144. The summed E-state index contributed by atoms with van der Waals surface area (Å²) in [5.41, 5.74) is 0.715. The maximum atomic E-state index is 12.2. The van der Waals surface area contributed by atoms with E-state index < -0.39 is 0 Å². The van der Waals surface area contributed by atoms with E-state index in [9.17, 15) is 9.90 Å². The van der Waals surface area contributed by atoms with Gasteiger partial charge >= 0.3 is 0 Å². The normalized spacial score (nSPS) is 16.3. The molecule has 0 radical (unpaired) electrons. The van der Waals surface area contributed by atoms with Gasteiger partial charge in [0.05, 0.1) is 6.61 Å². The Bertz CT molecular complexity index is 441. The van der Waals surface area contributed by atoms with Gasteiger partial charge in [0.1, 0.15) is 0 Å². The molecule has 1 aromatic carbocycles. The van der Waals surface area contributed by atoms with Crippen molar-refractivity contribution in [2.24, 2.45) is 0 Å². The number of benzene rings is 1. The number of hydrogen-bond donors (Lipinski definition) is 1. The van der Waals surface area contributed by atoms with Gasteiger partial charge in [0.15, 0.2) is 5.78 Å². The summed E-state index contributed by atoms with van der Waals surface area (Å²) in [5, 5.41) is 9.89. The molecule has 0 aliphatic heterocycles. The van der Waals surface area contributed by atoms with Gasteiger partial charge in [-0.15, -0.1) is 0 Å². The third-order valence-electron chi connectivity index (χ3n) is 4.27. The first-order valence-corrected chi connectivity index (χ1v) is 8.22. The summed E-state index contributed by atoms with van der Waals surface area (Å²) in [6.07, 6.45) is 6.71. The monoisotopic (exact) mass is 309 g/mol. The molecule has 3 nitrogen and oxygen atoms in total. The van der Waals surface area contributed by atoms with E-state index in [0.29, 0.717) is 29.6 Å².